The summed E-state index contributed by atoms with van der Waals surface area (Å²) in [5.74, 6) is 0.621. The van der Waals surface area contributed by atoms with Gasteiger partial charge in [-0.1, -0.05) is 42.0 Å². The fraction of sp³-hybridized carbons (Fsp3) is 0.350. The van der Waals surface area contributed by atoms with Crippen LogP contribution in [-0.4, -0.2) is 5.91 Å². The van der Waals surface area contributed by atoms with Gasteiger partial charge in [0.05, 0.1) is 6.04 Å². The number of carbonyl (C=O) groups excluding carboxylic acids is 1. The lowest BCUT2D eigenvalue weighted by Crippen LogP contribution is -2.30. The third-order valence-electron chi connectivity index (χ3n) is 4.67. The normalized spacial score (nSPS) is 15.4. The Hall–Kier alpha value is -2.09. The summed E-state index contributed by atoms with van der Waals surface area (Å²) in [5.41, 5.74) is 5.48. The Morgan fingerprint density at radius 1 is 1.05 bits per heavy atom. The summed E-state index contributed by atoms with van der Waals surface area (Å²) < 4.78 is 0. The third-order valence-corrected chi connectivity index (χ3v) is 4.67. The first-order valence-electron chi connectivity index (χ1n) is 8.00. The smallest absolute Gasteiger partial charge is 0.252 e. The summed E-state index contributed by atoms with van der Waals surface area (Å²) in [4.78, 5) is 12.7. The molecule has 1 aliphatic rings. The monoisotopic (exact) mass is 293 g/mol. The lowest BCUT2D eigenvalue weighted by atomic mass is 9.99. The summed E-state index contributed by atoms with van der Waals surface area (Å²) >= 11 is 0. The van der Waals surface area contributed by atoms with Crippen molar-refractivity contribution in [3.05, 3.63) is 70.3 Å². The van der Waals surface area contributed by atoms with E-state index in [1.165, 1.54) is 24.0 Å². The van der Waals surface area contributed by atoms with E-state index in [2.05, 4.69) is 36.5 Å². The fourth-order valence-electron chi connectivity index (χ4n) is 2.89. The van der Waals surface area contributed by atoms with Crippen LogP contribution in [0.5, 0.6) is 0 Å². The minimum Gasteiger partial charge on any atom is -0.345 e. The van der Waals surface area contributed by atoms with E-state index in [9.17, 15) is 4.79 Å². The zero-order valence-corrected chi connectivity index (χ0v) is 13.5. The molecule has 1 aliphatic carbocycles. The minimum absolute atomic E-state index is 0.0404. The van der Waals surface area contributed by atoms with E-state index in [0.717, 1.165) is 16.7 Å². The number of aryl methyl sites for hydroxylation is 2. The van der Waals surface area contributed by atoms with Crippen LogP contribution in [0.4, 0.5) is 0 Å². The van der Waals surface area contributed by atoms with Crippen molar-refractivity contribution >= 4 is 5.91 Å². The molecule has 114 valence electrons. The van der Waals surface area contributed by atoms with Crippen LogP contribution in [0.2, 0.25) is 0 Å². The summed E-state index contributed by atoms with van der Waals surface area (Å²) in [6, 6.07) is 14.6. The van der Waals surface area contributed by atoms with Crippen LogP contribution < -0.4 is 5.32 Å². The number of nitrogens with one attached hydrogen (secondary N) is 1. The van der Waals surface area contributed by atoms with Gasteiger partial charge in [0, 0.05) is 5.56 Å². The molecule has 0 saturated heterocycles. The second kappa shape index (κ2) is 5.96. The predicted octanol–water partition coefficient (Wildman–Crippen LogP) is 4.49. The summed E-state index contributed by atoms with van der Waals surface area (Å²) in [6.07, 6.45) is 2.40. The van der Waals surface area contributed by atoms with Crippen LogP contribution in [-0.2, 0) is 0 Å². The number of hydrogen-bond acceptors (Lipinski definition) is 1. The van der Waals surface area contributed by atoms with Gasteiger partial charge in [-0.15, -0.1) is 0 Å². The van der Waals surface area contributed by atoms with Crippen LogP contribution in [0, 0.1) is 26.7 Å². The minimum atomic E-state index is 0.0404. The Morgan fingerprint density at radius 3 is 2.36 bits per heavy atom. The van der Waals surface area contributed by atoms with Crippen molar-refractivity contribution in [2.24, 2.45) is 5.92 Å². The maximum absolute atomic E-state index is 12.7. The molecule has 1 fully saturated rings. The first-order chi connectivity index (χ1) is 10.6. The molecule has 0 aliphatic heterocycles. The second-order valence-corrected chi connectivity index (χ2v) is 6.45. The van der Waals surface area contributed by atoms with Crippen molar-refractivity contribution in [3.8, 4) is 0 Å². The van der Waals surface area contributed by atoms with Crippen LogP contribution in [0.1, 0.15) is 51.5 Å². The van der Waals surface area contributed by atoms with Gasteiger partial charge in [-0.05, 0) is 62.3 Å². The van der Waals surface area contributed by atoms with Gasteiger partial charge in [-0.25, -0.2) is 0 Å². The lowest BCUT2D eigenvalue weighted by molar-refractivity contribution is 0.0931. The Balaban J connectivity index is 1.83. The zero-order chi connectivity index (χ0) is 15.7. The zero-order valence-electron chi connectivity index (χ0n) is 13.5. The molecule has 2 heteroatoms. The molecule has 2 aromatic rings. The first kappa shape index (κ1) is 14.8. The Bertz CT molecular complexity index is 683. The molecule has 3 rings (SSSR count). The first-order valence-corrected chi connectivity index (χ1v) is 8.00. The van der Waals surface area contributed by atoms with Gasteiger partial charge in [0.2, 0.25) is 0 Å². The number of hydrogen-bond donors (Lipinski definition) is 1. The van der Waals surface area contributed by atoms with Gasteiger partial charge in [0.15, 0.2) is 0 Å². The molecule has 1 N–H and O–H groups in total. The van der Waals surface area contributed by atoms with Crippen molar-refractivity contribution in [2.75, 3.05) is 0 Å². The molecule has 1 amide bonds. The standard InChI is InChI=1S/C20H23NO/c1-13-7-9-16(10-8-13)19(17-11-12-17)21-20(22)18-6-4-5-14(2)15(18)3/h4-10,17,19H,11-12H2,1-3H3,(H,21,22). The molecule has 2 nitrogen and oxygen atoms in total. The molecular formula is C20H23NO. The van der Waals surface area contributed by atoms with E-state index in [-0.39, 0.29) is 11.9 Å². The highest BCUT2D eigenvalue weighted by atomic mass is 16.1. The van der Waals surface area contributed by atoms with Gasteiger partial charge >= 0.3 is 0 Å². The van der Waals surface area contributed by atoms with Crippen molar-refractivity contribution in [2.45, 2.75) is 39.7 Å². The fourth-order valence-corrected chi connectivity index (χ4v) is 2.89. The third kappa shape index (κ3) is 3.06. The molecule has 22 heavy (non-hydrogen) atoms. The van der Waals surface area contributed by atoms with Gasteiger partial charge in [-0.3, -0.25) is 4.79 Å². The van der Waals surface area contributed by atoms with Crippen LogP contribution in [0.3, 0.4) is 0 Å². The molecule has 1 atom stereocenters. The summed E-state index contributed by atoms with van der Waals surface area (Å²) in [7, 11) is 0. The quantitative estimate of drug-likeness (QED) is 0.884. The average molecular weight is 293 g/mol. The van der Waals surface area contributed by atoms with E-state index in [1.807, 2.05) is 32.0 Å². The van der Waals surface area contributed by atoms with Gasteiger partial charge in [0.1, 0.15) is 0 Å². The Labute approximate surface area is 132 Å². The molecule has 1 saturated carbocycles. The predicted molar refractivity (Wildman–Crippen MR) is 90.0 cm³/mol. The number of amides is 1. The van der Waals surface area contributed by atoms with Crippen molar-refractivity contribution in [1.29, 1.82) is 0 Å². The number of carbonyl (C=O) groups is 1. The summed E-state index contributed by atoms with van der Waals surface area (Å²) in [6.45, 7) is 6.15. The number of benzene rings is 2. The molecular weight excluding hydrogens is 270 g/mol. The maximum atomic E-state index is 12.7. The molecule has 0 bridgehead atoms. The topological polar surface area (TPSA) is 29.1 Å². The average Bonchev–Trinajstić information content (AvgIpc) is 3.33. The Kier molecular flexibility index (Phi) is 4.02. The second-order valence-electron chi connectivity index (χ2n) is 6.45. The maximum Gasteiger partial charge on any atom is 0.252 e. The SMILES string of the molecule is Cc1ccc(C(NC(=O)c2cccc(C)c2C)C2CC2)cc1. The van der Waals surface area contributed by atoms with E-state index in [1.54, 1.807) is 0 Å². The highest BCUT2D eigenvalue weighted by Crippen LogP contribution is 2.41. The molecule has 0 radical (unpaired) electrons. The van der Waals surface area contributed by atoms with Crippen molar-refractivity contribution < 1.29 is 4.79 Å². The number of rotatable bonds is 4. The molecule has 0 heterocycles. The highest BCUT2D eigenvalue weighted by Gasteiger charge is 2.33. The van der Waals surface area contributed by atoms with Gasteiger partial charge in [-0.2, -0.15) is 0 Å². The van der Waals surface area contributed by atoms with E-state index in [4.69, 9.17) is 0 Å². The largest absolute Gasteiger partial charge is 0.345 e. The van der Waals surface area contributed by atoms with Gasteiger partial charge in [0.25, 0.3) is 5.91 Å². The Morgan fingerprint density at radius 2 is 1.73 bits per heavy atom. The van der Waals surface area contributed by atoms with E-state index >= 15 is 0 Å². The molecule has 2 aromatic carbocycles. The molecule has 1 unspecified atom stereocenters. The summed E-state index contributed by atoms with van der Waals surface area (Å²) in [5, 5.41) is 3.26. The van der Waals surface area contributed by atoms with Crippen LogP contribution in [0.25, 0.3) is 0 Å². The van der Waals surface area contributed by atoms with E-state index < -0.39 is 0 Å². The van der Waals surface area contributed by atoms with Crippen molar-refractivity contribution in [3.63, 3.8) is 0 Å². The van der Waals surface area contributed by atoms with Gasteiger partial charge < -0.3 is 5.32 Å². The van der Waals surface area contributed by atoms with Crippen LogP contribution in [0.15, 0.2) is 42.5 Å². The van der Waals surface area contributed by atoms with E-state index in [0.29, 0.717) is 5.92 Å². The lowest BCUT2D eigenvalue weighted by Gasteiger charge is -2.20. The highest BCUT2D eigenvalue weighted by molar-refractivity contribution is 5.96. The van der Waals surface area contributed by atoms with Crippen LogP contribution >= 0.6 is 0 Å². The molecule has 0 spiro atoms. The molecule has 0 aromatic heterocycles. The van der Waals surface area contributed by atoms with Crippen molar-refractivity contribution in [1.82, 2.24) is 5.32 Å².